The molecule has 2 aliphatic heterocycles. The van der Waals surface area contributed by atoms with E-state index < -0.39 is 0 Å². The predicted molar refractivity (Wildman–Crippen MR) is 125 cm³/mol. The smallest absolute Gasteiger partial charge is 0.139 e. The highest BCUT2D eigenvalue weighted by Crippen LogP contribution is 2.39. The van der Waals surface area contributed by atoms with E-state index >= 15 is 0 Å². The third-order valence-corrected chi connectivity index (χ3v) is 6.65. The van der Waals surface area contributed by atoms with E-state index in [1.165, 1.54) is 21.0 Å². The summed E-state index contributed by atoms with van der Waals surface area (Å²) in [6.45, 7) is 4.95. The van der Waals surface area contributed by atoms with Crippen molar-refractivity contribution in [3.05, 3.63) is 70.6 Å². The Morgan fingerprint density at radius 1 is 1.17 bits per heavy atom. The van der Waals surface area contributed by atoms with Gasteiger partial charge in [0.05, 0.1) is 24.0 Å². The maximum absolute atomic E-state index is 5.56. The van der Waals surface area contributed by atoms with Gasteiger partial charge in [0.1, 0.15) is 16.6 Å². The summed E-state index contributed by atoms with van der Waals surface area (Å²) >= 11 is 1.79. The number of amidine groups is 1. The van der Waals surface area contributed by atoms with E-state index in [0.717, 1.165) is 49.0 Å². The van der Waals surface area contributed by atoms with Crippen LogP contribution >= 0.6 is 11.3 Å². The first-order valence-corrected chi connectivity index (χ1v) is 11.2. The van der Waals surface area contributed by atoms with Crippen molar-refractivity contribution in [1.82, 2.24) is 10.2 Å². The molecule has 0 spiro atoms. The number of methoxy groups -OCH3 is 1. The molecule has 1 unspecified atom stereocenters. The number of piperazine rings is 1. The molecule has 0 aliphatic carbocycles. The fraction of sp³-hybridized carbons (Fsp3) is 0.292. The second-order valence-electron chi connectivity index (χ2n) is 7.79. The topological polar surface area (TPSA) is 48.9 Å². The molecule has 1 aromatic heterocycles. The Labute approximate surface area is 181 Å². The minimum Gasteiger partial charge on any atom is -0.496 e. The van der Waals surface area contributed by atoms with Crippen molar-refractivity contribution < 1.29 is 4.74 Å². The van der Waals surface area contributed by atoms with Gasteiger partial charge in [0.25, 0.3) is 0 Å². The molecule has 30 heavy (non-hydrogen) atoms. The molecule has 1 saturated heterocycles. The van der Waals surface area contributed by atoms with E-state index in [2.05, 4.69) is 64.9 Å². The van der Waals surface area contributed by atoms with Gasteiger partial charge >= 0.3 is 0 Å². The van der Waals surface area contributed by atoms with Crippen LogP contribution in [0.4, 0.5) is 16.4 Å². The zero-order valence-electron chi connectivity index (χ0n) is 17.3. The molecule has 5 rings (SSSR count). The van der Waals surface area contributed by atoms with Gasteiger partial charge in [0.2, 0.25) is 0 Å². The van der Waals surface area contributed by atoms with Gasteiger partial charge in [-0.15, -0.1) is 11.3 Å². The number of benzene rings is 2. The number of nitrogens with one attached hydrogen (secondary N) is 2. The van der Waals surface area contributed by atoms with E-state index in [1.54, 1.807) is 18.4 Å². The number of thiophene rings is 1. The molecule has 0 bridgehead atoms. The lowest BCUT2D eigenvalue weighted by atomic mass is 10.0. The lowest BCUT2D eigenvalue weighted by Crippen LogP contribution is -2.53. The molecule has 3 heterocycles. The van der Waals surface area contributed by atoms with Crippen LogP contribution in [-0.2, 0) is 6.42 Å². The van der Waals surface area contributed by atoms with Crippen molar-refractivity contribution in [3.63, 3.8) is 0 Å². The van der Waals surface area contributed by atoms with Crippen molar-refractivity contribution in [2.45, 2.75) is 19.4 Å². The largest absolute Gasteiger partial charge is 0.496 e. The molecule has 154 valence electrons. The van der Waals surface area contributed by atoms with Crippen molar-refractivity contribution in [3.8, 4) is 5.75 Å². The van der Waals surface area contributed by atoms with Crippen LogP contribution in [0.15, 0.2) is 59.6 Å². The fourth-order valence-corrected chi connectivity index (χ4v) is 5.20. The Kier molecular flexibility index (Phi) is 5.19. The van der Waals surface area contributed by atoms with Crippen LogP contribution in [0.1, 0.15) is 16.0 Å². The maximum atomic E-state index is 5.56. The Morgan fingerprint density at radius 3 is 2.90 bits per heavy atom. The maximum Gasteiger partial charge on any atom is 0.139 e. The molecular weight excluding hydrogens is 392 g/mol. The molecule has 0 saturated carbocycles. The summed E-state index contributed by atoms with van der Waals surface area (Å²) in [6.07, 6.45) is 0.929. The highest BCUT2D eigenvalue weighted by molar-refractivity contribution is 7.16. The summed E-state index contributed by atoms with van der Waals surface area (Å²) in [5, 5.41) is 8.47. The molecule has 5 nitrogen and oxygen atoms in total. The Balaban J connectivity index is 1.46. The van der Waals surface area contributed by atoms with Gasteiger partial charge in [-0.3, -0.25) is 0 Å². The summed E-state index contributed by atoms with van der Waals surface area (Å²) in [4.78, 5) is 8.85. The van der Waals surface area contributed by atoms with Crippen LogP contribution in [0.2, 0.25) is 0 Å². The third-order valence-electron chi connectivity index (χ3n) is 5.69. The van der Waals surface area contributed by atoms with Crippen LogP contribution in [0.5, 0.6) is 5.75 Å². The highest BCUT2D eigenvalue weighted by atomic mass is 32.1. The first-order valence-electron chi connectivity index (χ1n) is 10.4. The first kappa shape index (κ1) is 19.2. The van der Waals surface area contributed by atoms with Gasteiger partial charge < -0.3 is 20.3 Å². The normalized spacial score (nSPS) is 18.0. The second kappa shape index (κ2) is 8.13. The molecule has 0 radical (unpaired) electrons. The quantitative estimate of drug-likeness (QED) is 0.646. The zero-order chi connectivity index (χ0) is 20.5. The summed E-state index contributed by atoms with van der Waals surface area (Å²) in [5.74, 6) is 2.02. The summed E-state index contributed by atoms with van der Waals surface area (Å²) < 4.78 is 5.56. The van der Waals surface area contributed by atoms with Gasteiger partial charge in [0, 0.05) is 30.6 Å². The molecule has 2 aromatic carbocycles. The molecule has 2 aliphatic rings. The number of fused-ring (bicyclic) bond motifs is 2. The van der Waals surface area contributed by atoms with Gasteiger partial charge in [-0.05, 0) is 43.2 Å². The number of ether oxygens (including phenoxy) is 1. The van der Waals surface area contributed by atoms with Crippen LogP contribution in [-0.4, -0.2) is 43.5 Å². The van der Waals surface area contributed by atoms with Gasteiger partial charge in [0.15, 0.2) is 0 Å². The van der Waals surface area contributed by atoms with Crippen molar-refractivity contribution in [2.75, 3.05) is 32.1 Å². The molecule has 0 amide bonds. The number of rotatable bonds is 3. The number of nitrogens with zero attached hydrogens (tertiary/aromatic N) is 2. The molecular formula is C24H26N4OS. The van der Waals surface area contributed by atoms with Gasteiger partial charge in [-0.1, -0.05) is 30.3 Å². The average molecular weight is 419 g/mol. The summed E-state index contributed by atoms with van der Waals surface area (Å²) in [7, 11) is 1.74. The average Bonchev–Trinajstić information content (AvgIpc) is 3.05. The second-order valence-corrected chi connectivity index (χ2v) is 9.05. The minimum atomic E-state index is 0.340. The minimum absolute atomic E-state index is 0.340. The van der Waals surface area contributed by atoms with E-state index in [9.17, 15) is 0 Å². The predicted octanol–water partition coefficient (Wildman–Crippen LogP) is 4.72. The lowest BCUT2D eigenvalue weighted by Gasteiger charge is -2.36. The monoisotopic (exact) mass is 418 g/mol. The van der Waals surface area contributed by atoms with E-state index in [4.69, 9.17) is 9.73 Å². The zero-order valence-corrected chi connectivity index (χ0v) is 18.1. The van der Waals surface area contributed by atoms with Gasteiger partial charge in [-0.25, -0.2) is 4.99 Å². The van der Waals surface area contributed by atoms with Crippen molar-refractivity contribution in [2.24, 2.45) is 4.99 Å². The van der Waals surface area contributed by atoms with E-state index in [-0.39, 0.29) is 0 Å². The van der Waals surface area contributed by atoms with E-state index in [1.807, 2.05) is 12.1 Å². The number of para-hydroxylation sites is 3. The van der Waals surface area contributed by atoms with Crippen LogP contribution in [0, 0.1) is 6.92 Å². The summed E-state index contributed by atoms with van der Waals surface area (Å²) in [5.41, 5.74) is 4.50. The standard InChI is InChI=1S/C24H26N4OS/c1-16-13-19-23(26-20-8-4-5-9-21(20)27-24(19)30-16)28-12-11-25-18(15-28)14-17-7-3-6-10-22(17)29-2/h3-10,13,18,25,27H,11-12,14-15H2,1-2H3. The third kappa shape index (κ3) is 3.68. The van der Waals surface area contributed by atoms with E-state index in [0.29, 0.717) is 6.04 Å². The number of aryl methyl sites for hydroxylation is 1. The molecule has 3 aromatic rings. The number of hydrogen-bond acceptors (Lipinski definition) is 6. The molecule has 1 fully saturated rings. The highest BCUT2D eigenvalue weighted by Gasteiger charge is 2.28. The van der Waals surface area contributed by atoms with Crippen molar-refractivity contribution >= 4 is 33.5 Å². The Morgan fingerprint density at radius 2 is 2.00 bits per heavy atom. The SMILES string of the molecule is COc1ccccc1CC1CN(C2=Nc3ccccc3Nc3sc(C)cc32)CCN1. The van der Waals surface area contributed by atoms with Gasteiger partial charge in [-0.2, -0.15) is 0 Å². The first-order chi connectivity index (χ1) is 14.7. The van der Waals surface area contributed by atoms with Crippen LogP contribution < -0.4 is 15.4 Å². The lowest BCUT2D eigenvalue weighted by molar-refractivity contribution is 0.288. The van der Waals surface area contributed by atoms with Crippen LogP contribution in [0.3, 0.4) is 0 Å². The molecule has 2 N–H and O–H groups in total. The van der Waals surface area contributed by atoms with Crippen LogP contribution in [0.25, 0.3) is 0 Å². The fourth-order valence-electron chi connectivity index (χ4n) is 4.28. The summed E-state index contributed by atoms with van der Waals surface area (Å²) in [6, 6.07) is 19.2. The number of aliphatic imine (C=N–C) groups is 1. The Bertz CT molecular complexity index is 1090. The number of anilines is 2. The molecule has 1 atom stereocenters. The Hall–Kier alpha value is -2.83. The molecule has 6 heteroatoms. The van der Waals surface area contributed by atoms with Crippen molar-refractivity contribution in [1.29, 1.82) is 0 Å². The number of hydrogen-bond donors (Lipinski definition) is 2.